The van der Waals surface area contributed by atoms with Crippen LogP contribution in [0, 0.1) is 5.92 Å². The first kappa shape index (κ1) is 22.8. The molecule has 1 aromatic carbocycles. The van der Waals surface area contributed by atoms with Gasteiger partial charge in [0.2, 0.25) is 5.95 Å². The number of para-hydroxylation sites is 2. The lowest BCUT2D eigenvalue weighted by Gasteiger charge is -2.35. The maximum Gasteiger partial charge on any atom is 0.204 e. The molecule has 7 heteroatoms. The van der Waals surface area contributed by atoms with Gasteiger partial charge in [0.05, 0.1) is 22.8 Å². The molecule has 1 fully saturated rings. The fourth-order valence-corrected chi connectivity index (χ4v) is 5.59. The van der Waals surface area contributed by atoms with Gasteiger partial charge in [-0.15, -0.1) is 0 Å². The number of hydrogen-bond donors (Lipinski definition) is 2. The van der Waals surface area contributed by atoms with Crippen molar-refractivity contribution in [3.05, 3.63) is 52.3 Å². The van der Waals surface area contributed by atoms with Crippen molar-refractivity contribution in [1.82, 2.24) is 19.4 Å². The minimum Gasteiger partial charge on any atom is -0.353 e. The van der Waals surface area contributed by atoms with Crippen LogP contribution in [-0.2, 0) is 6.42 Å². The summed E-state index contributed by atoms with van der Waals surface area (Å²) in [4.78, 5) is 12.5. The van der Waals surface area contributed by atoms with Crippen LogP contribution in [0.3, 0.4) is 0 Å². The number of hydrogen-bond acceptors (Lipinski definition) is 5. The van der Waals surface area contributed by atoms with Crippen molar-refractivity contribution in [2.75, 3.05) is 25.0 Å². The van der Waals surface area contributed by atoms with E-state index in [4.69, 9.17) is 15.7 Å². The normalized spacial score (nSPS) is 20.8. The maximum absolute atomic E-state index is 6.32. The number of halogens is 1. The number of nitrogens with zero attached hydrogens (tertiary/aromatic N) is 4. The summed E-state index contributed by atoms with van der Waals surface area (Å²) >= 11 is 3.60. The van der Waals surface area contributed by atoms with Crippen LogP contribution in [-0.4, -0.2) is 51.2 Å². The topological polar surface area (TPSA) is 72.0 Å². The largest absolute Gasteiger partial charge is 0.353 e. The molecule has 1 aliphatic heterocycles. The molecule has 3 aromatic rings. The third-order valence-corrected chi connectivity index (χ3v) is 7.81. The highest BCUT2D eigenvalue weighted by molar-refractivity contribution is 9.10. The first-order chi connectivity index (χ1) is 16.0. The van der Waals surface area contributed by atoms with Crippen molar-refractivity contribution < 1.29 is 0 Å². The van der Waals surface area contributed by atoms with Gasteiger partial charge in [-0.1, -0.05) is 32.0 Å². The number of nitrogens with one attached hydrogen (secondary N) is 1. The van der Waals surface area contributed by atoms with E-state index in [2.05, 4.69) is 81.0 Å². The number of aromatic nitrogens is 3. The van der Waals surface area contributed by atoms with Crippen LogP contribution in [0.5, 0.6) is 0 Å². The highest BCUT2D eigenvalue weighted by Gasteiger charge is 2.29. The maximum atomic E-state index is 6.32. The monoisotopic (exact) mass is 510 g/mol. The van der Waals surface area contributed by atoms with Crippen LogP contribution in [0.4, 0.5) is 5.95 Å². The summed E-state index contributed by atoms with van der Waals surface area (Å²) in [7, 11) is 0. The number of anilines is 1. The van der Waals surface area contributed by atoms with E-state index in [1.807, 2.05) is 0 Å². The summed E-state index contributed by atoms with van der Waals surface area (Å²) in [6.07, 6.45) is 5.56. The van der Waals surface area contributed by atoms with Crippen molar-refractivity contribution in [3.8, 4) is 0 Å². The van der Waals surface area contributed by atoms with Crippen molar-refractivity contribution >= 4 is 32.9 Å². The summed E-state index contributed by atoms with van der Waals surface area (Å²) in [5.41, 5.74) is 11.1. The summed E-state index contributed by atoms with van der Waals surface area (Å²) in [5, 5.41) is 3.83. The Morgan fingerprint density at radius 3 is 2.67 bits per heavy atom. The van der Waals surface area contributed by atoms with Crippen LogP contribution in [0.1, 0.15) is 56.8 Å². The number of nitrogens with two attached hydrogens (primary N) is 1. The molecule has 3 heterocycles. The zero-order valence-corrected chi connectivity index (χ0v) is 21.3. The molecule has 2 atom stereocenters. The Kier molecular flexibility index (Phi) is 6.72. The number of rotatable bonds is 6. The molecule has 6 nitrogen and oxygen atoms in total. The van der Waals surface area contributed by atoms with Crippen LogP contribution in [0.2, 0.25) is 0 Å². The van der Waals surface area contributed by atoms with Gasteiger partial charge in [-0.25, -0.2) is 9.97 Å². The average Bonchev–Trinajstić information content (AvgIpc) is 3.17. The molecule has 0 saturated carbocycles. The molecule has 2 unspecified atom stereocenters. The van der Waals surface area contributed by atoms with E-state index in [-0.39, 0.29) is 12.1 Å². The number of piperidine rings is 1. The van der Waals surface area contributed by atoms with Gasteiger partial charge in [0, 0.05) is 31.7 Å². The fraction of sp³-hybridized carbons (Fsp3) is 0.538. The van der Waals surface area contributed by atoms with Crippen LogP contribution in [0.15, 0.2) is 41.0 Å². The van der Waals surface area contributed by atoms with E-state index < -0.39 is 0 Å². The Bertz CT molecular complexity index is 1100. The zero-order valence-electron chi connectivity index (χ0n) is 19.7. The smallest absolute Gasteiger partial charge is 0.204 e. The van der Waals surface area contributed by atoms with Gasteiger partial charge < -0.3 is 20.5 Å². The quantitative estimate of drug-likeness (QED) is 0.457. The Morgan fingerprint density at radius 1 is 1.09 bits per heavy atom. The average molecular weight is 512 g/mol. The number of imidazole rings is 1. The van der Waals surface area contributed by atoms with Gasteiger partial charge >= 0.3 is 0 Å². The summed E-state index contributed by atoms with van der Waals surface area (Å²) < 4.78 is 3.31. The molecule has 0 radical (unpaired) electrons. The first-order valence-electron chi connectivity index (χ1n) is 12.4. The molecule has 5 rings (SSSR count). The number of pyridine rings is 1. The van der Waals surface area contributed by atoms with Gasteiger partial charge in [-0.05, 0) is 77.7 Å². The molecule has 3 N–H and O–H groups in total. The van der Waals surface area contributed by atoms with Crippen molar-refractivity contribution in [2.45, 2.75) is 64.1 Å². The van der Waals surface area contributed by atoms with Crippen molar-refractivity contribution in [3.63, 3.8) is 0 Å². The second-order valence-corrected chi connectivity index (χ2v) is 10.8. The summed E-state index contributed by atoms with van der Waals surface area (Å²) in [5.74, 6) is 1.50. The Morgan fingerprint density at radius 2 is 1.88 bits per heavy atom. The minimum atomic E-state index is 0.199. The molecule has 0 bridgehead atoms. The third kappa shape index (κ3) is 4.81. The highest BCUT2D eigenvalue weighted by atomic mass is 79.9. The van der Waals surface area contributed by atoms with Crippen LogP contribution < -0.4 is 11.1 Å². The SMILES string of the molecule is CC(C)C(N)CN1CCC(Nc2nc3ccccc3n2C2CCCc3ccc(Br)nc32)CC1. The van der Waals surface area contributed by atoms with Crippen molar-refractivity contribution in [2.24, 2.45) is 11.7 Å². The molecule has 0 amide bonds. The fourth-order valence-electron chi connectivity index (χ4n) is 5.27. The van der Waals surface area contributed by atoms with E-state index in [1.165, 1.54) is 23.2 Å². The van der Waals surface area contributed by atoms with E-state index in [1.54, 1.807) is 0 Å². The lowest BCUT2D eigenvalue weighted by molar-refractivity contribution is 0.194. The molecule has 2 aliphatic rings. The van der Waals surface area contributed by atoms with E-state index >= 15 is 0 Å². The Labute approximate surface area is 205 Å². The molecule has 2 aromatic heterocycles. The van der Waals surface area contributed by atoms with E-state index in [0.717, 1.165) is 61.4 Å². The lowest BCUT2D eigenvalue weighted by Crippen LogP contribution is -2.46. The number of benzene rings is 1. The van der Waals surface area contributed by atoms with Gasteiger partial charge in [0.1, 0.15) is 4.60 Å². The molecule has 0 spiro atoms. The predicted molar refractivity (Wildman–Crippen MR) is 139 cm³/mol. The number of aryl methyl sites for hydroxylation is 1. The Hall–Kier alpha value is -1.96. The molecular formula is C26H35BrN6. The summed E-state index contributed by atoms with van der Waals surface area (Å²) in [6.45, 7) is 7.57. The predicted octanol–water partition coefficient (Wildman–Crippen LogP) is 4.98. The molecule has 1 saturated heterocycles. The third-order valence-electron chi connectivity index (χ3n) is 7.37. The second-order valence-electron chi connectivity index (χ2n) is 10.0. The zero-order chi connectivity index (χ0) is 22.9. The van der Waals surface area contributed by atoms with Crippen LogP contribution in [0.25, 0.3) is 11.0 Å². The van der Waals surface area contributed by atoms with E-state index in [0.29, 0.717) is 12.0 Å². The van der Waals surface area contributed by atoms with Crippen molar-refractivity contribution in [1.29, 1.82) is 0 Å². The lowest BCUT2D eigenvalue weighted by atomic mass is 9.91. The van der Waals surface area contributed by atoms with Gasteiger partial charge in [-0.2, -0.15) is 0 Å². The minimum absolute atomic E-state index is 0.199. The highest BCUT2D eigenvalue weighted by Crippen LogP contribution is 2.37. The van der Waals surface area contributed by atoms with Gasteiger partial charge in [0.15, 0.2) is 0 Å². The molecule has 33 heavy (non-hydrogen) atoms. The molecular weight excluding hydrogens is 476 g/mol. The first-order valence-corrected chi connectivity index (χ1v) is 13.2. The van der Waals surface area contributed by atoms with Crippen LogP contribution >= 0.6 is 15.9 Å². The van der Waals surface area contributed by atoms with Gasteiger partial charge in [0.25, 0.3) is 0 Å². The summed E-state index contributed by atoms with van der Waals surface area (Å²) in [6, 6.07) is 13.6. The molecule has 1 aliphatic carbocycles. The second kappa shape index (κ2) is 9.72. The number of fused-ring (bicyclic) bond motifs is 2. The van der Waals surface area contributed by atoms with E-state index in [9.17, 15) is 0 Å². The number of likely N-dealkylation sites (tertiary alicyclic amines) is 1. The van der Waals surface area contributed by atoms with Gasteiger partial charge in [-0.3, -0.25) is 0 Å². The standard InChI is InChI=1S/C26H35BrN6/c1-17(2)20(28)16-32-14-12-19(13-15-32)29-26-30-21-7-3-4-8-22(21)33(26)23-9-5-6-18-10-11-24(27)31-25(18)23/h3-4,7-8,10-11,17,19-20,23H,5-6,9,12-16,28H2,1-2H3,(H,29,30). The molecule has 176 valence electrons. The Balaban J connectivity index is 1.40.